The molecule has 0 amide bonds. The molecule has 0 aliphatic heterocycles. The van der Waals surface area contributed by atoms with Crippen LogP contribution in [-0.4, -0.2) is 17.7 Å². The van der Waals surface area contributed by atoms with E-state index in [0.29, 0.717) is 25.0 Å². The molecule has 0 aromatic heterocycles. The Morgan fingerprint density at radius 3 is 2.50 bits per heavy atom. The minimum Gasteiger partial charge on any atom is -0.493 e. The van der Waals surface area contributed by atoms with Crippen LogP contribution < -0.4 is 4.74 Å². The zero-order chi connectivity index (χ0) is 15.9. The van der Waals surface area contributed by atoms with Crippen LogP contribution in [0.4, 0.5) is 4.39 Å². The van der Waals surface area contributed by atoms with E-state index in [1.807, 2.05) is 31.2 Å². The molecular formula is C18H19FO3. The maximum atomic E-state index is 12.9. The van der Waals surface area contributed by atoms with Crippen molar-refractivity contribution in [1.29, 1.82) is 0 Å². The van der Waals surface area contributed by atoms with Crippen LogP contribution in [0.3, 0.4) is 0 Å². The zero-order valence-electron chi connectivity index (χ0n) is 12.5. The van der Waals surface area contributed by atoms with Crippen LogP contribution in [0, 0.1) is 12.7 Å². The smallest absolute Gasteiger partial charge is 0.310 e. The maximum Gasteiger partial charge on any atom is 0.310 e. The third kappa shape index (κ3) is 4.32. The van der Waals surface area contributed by atoms with Crippen molar-refractivity contribution in [2.75, 3.05) is 6.61 Å². The number of ether oxygens (including phenoxy) is 1. The fourth-order valence-electron chi connectivity index (χ4n) is 2.32. The Morgan fingerprint density at radius 2 is 1.86 bits per heavy atom. The SMILES string of the molecule is Cc1ccccc1OCCCC(C(=O)O)c1ccc(F)cc1. The molecule has 0 radical (unpaired) electrons. The van der Waals surface area contributed by atoms with E-state index >= 15 is 0 Å². The first-order chi connectivity index (χ1) is 10.6. The summed E-state index contributed by atoms with van der Waals surface area (Å²) in [5.74, 6) is -1.09. The highest BCUT2D eigenvalue weighted by molar-refractivity contribution is 5.75. The second-order valence-corrected chi connectivity index (χ2v) is 5.20. The summed E-state index contributed by atoms with van der Waals surface area (Å²) in [6.45, 7) is 2.42. The molecule has 22 heavy (non-hydrogen) atoms. The summed E-state index contributed by atoms with van der Waals surface area (Å²) in [4.78, 5) is 11.4. The van der Waals surface area contributed by atoms with Gasteiger partial charge in [0.25, 0.3) is 0 Å². The van der Waals surface area contributed by atoms with Gasteiger partial charge in [0.1, 0.15) is 11.6 Å². The summed E-state index contributed by atoms with van der Waals surface area (Å²) in [5.41, 5.74) is 1.67. The second kappa shape index (κ2) is 7.59. The molecule has 0 aliphatic rings. The van der Waals surface area contributed by atoms with E-state index in [9.17, 15) is 14.3 Å². The van der Waals surface area contributed by atoms with Crippen molar-refractivity contribution in [3.05, 3.63) is 65.5 Å². The van der Waals surface area contributed by atoms with Gasteiger partial charge in [-0.3, -0.25) is 4.79 Å². The van der Waals surface area contributed by atoms with Crippen LogP contribution in [0.15, 0.2) is 48.5 Å². The molecule has 2 rings (SSSR count). The van der Waals surface area contributed by atoms with Crippen LogP contribution in [0.5, 0.6) is 5.75 Å². The summed E-state index contributed by atoms with van der Waals surface area (Å²) >= 11 is 0. The molecule has 0 saturated carbocycles. The number of carbonyl (C=O) groups is 1. The maximum absolute atomic E-state index is 12.9. The molecular weight excluding hydrogens is 283 g/mol. The zero-order valence-corrected chi connectivity index (χ0v) is 12.5. The first-order valence-corrected chi connectivity index (χ1v) is 7.24. The van der Waals surface area contributed by atoms with Gasteiger partial charge in [0.05, 0.1) is 12.5 Å². The number of carboxylic acid groups (broad SMARTS) is 1. The number of halogens is 1. The molecule has 3 nitrogen and oxygen atoms in total. The van der Waals surface area contributed by atoms with Gasteiger partial charge in [-0.25, -0.2) is 4.39 Å². The molecule has 0 saturated heterocycles. The van der Waals surface area contributed by atoms with Crippen LogP contribution in [-0.2, 0) is 4.79 Å². The van der Waals surface area contributed by atoms with Crippen molar-refractivity contribution < 1.29 is 19.0 Å². The quantitative estimate of drug-likeness (QED) is 0.781. The minimum atomic E-state index is -0.900. The Bertz CT molecular complexity index is 622. The number of hydrogen-bond donors (Lipinski definition) is 1. The van der Waals surface area contributed by atoms with Gasteiger partial charge >= 0.3 is 5.97 Å². The lowest BCUT2D eigenvalue weighted by atomic mass is 9.94. The number of carboxylic acids is 1. The van der Waals surface area contributed by atoms with Crippen molar-refractivity contribution in [3.63, 3.8) is 0 Å². The lowest BCUT2D eigenvalue weighted by Crippen LogP contribution is -2.13. The predicted molar refractivity (Wildman–Crippen MR) is 82.7 cm³/mol. The van der Waals surface area contributed by atoms with E-state index < -0.39 is 11.9 Å². The van der Waals surface area contributed by atoms with Gasteiger partial charge in [0.15, 0.2) is 0 Å². The highest BCUT2D eigenvalue weighted by Gasteiger charge is 2.19. The van der Waals surface area contributed by atoms with Gasteiger partial charge in [-0.2, -0.15) is 0 Å². The highest BCUT2D eigenvalue weighted by atomic mass is 19.1. The minimum absolute atomic E-state index is 0.365. The Morgan fingerprint density at radius 1 is 1.18 bits per heavy atom. The third-order valence-corrected chi connectivity index (χ3v) is 3.56. The fraction of sp³-hybridized carbons (Fsp3) is 0.278. The van der Waals surface area contributed by atoms with E-state index in [1.165, 1.54) is 24.3 Å². The first-order valence-electron chi connectivity index (χ1n) is 7.24. The topological polar surface area (TPSA) is 46.5 Å². The summed E-state index contributed by atoms with van der Waals surface area (Å²) in [6, 6.07) is 13.3. The van der Waals surface area contributed by atoms with Crippen LogP contribution in [0.1, 0.15) is 29.9 Å². The van der Waals surface area contributed by atoms with E-state index in [0.717, 1.165) is 11.3 Å². The molecule has 1 unspecified atom stereocenters. The number of hydrogen-bond acceptors (Lipinski definition) is 2. The molecule has 4 heteroatoms. The summed E-state index contributed by atoms with van der Waals surface area (Å²) in [5, 5.41) is 9.32. The largest absolute Gasteiger partial charge is 0.493 e. The molecule has 1 atom stereocenters. The number of benzene rings is 2. The van der Waals surface area contributed by atoms with Gasteiger partial charge in [0, 0.05) is 0 Å². The lowest BCUT2D eigenvalue weighted by Gasteiger charge is -2.14. The number of aliphatic carboxylic acids is 1. The Hall–Kier alpha value is -2.36. The van der Waals surface area contributed by atoms with Crippen molar-refractivity contribution in [2.45, 2.75) is 25.7 Å². The third-order valence-electron chi connectivity index (χ3n) is 3.56. The Labute approximate surface area is 129 Å². The molecule has 0 spiro atoms. The molecule has 0 bridgehead atoms. The number of aryl methyl sites for hydroxylation is 1. The highest BCUT2D eigenvalue weighted by Crippen LogP contribution is 2.23. The Balaban J connectivity index is 1.89. The molecule has 1 N–H and O–H groups in total. The number of para-hydroxylation sites is 1. The van der Waals surface area contributed by atoms with E-state index in [2.05, 4.69) is 0 Å². The fourth-order valence-corrected chi connectivity index (χ4v) is 2.32. The van der Waals surface area contributed by atoms with E-state index in [-0.39, 0.29) is 5.82 Å². The van der Waals surface area contributed by atoms with E-state index in [4.69, 9.17) is 4.74 Å². The molecule has 0 fully saturated rings. The van der Waals surface area contributed by atoms with Crippen molar-refractivity contribution >= 4 is 5.97 Å². The van der Waals surface area contributed by atoms with Crippen LogP contribution >= 0.6 is 0 Å². The van der Waals surface area contributed by atoms with Gasteiger partial charge in [-0.15, -0.1) is 0 Å². The van der Waals surface area contributed by atoms with Gasteiger partial charge in [-0.05, 0) is 49.1 Å². The van der Waals surface area contributed by atoms with E-state index in [1.54, 1.807) is 0 Å². The average Bonchev–Trinajstić information content (AvgIpc) is 2.50. The lowest BCUT2D eigenvalue weighted by molar-refractivity contribution is -0.139. The molecule has 0 heterocycles. The van der Waals surface area contributed by atoms with Crippen molar-refractivity contribution in [3.8, 4) is 5.75 Å². The van der Waals surface area contributed by atoms with Crippen molar-refractivity contribution in [1.82, 2.24) is 0 Å². The summed E-state index contributed by atoms with van der Waals surface area (Å²) in [7, 11) is 0. The Kier molecular flexibility index (Phi) is 5.53. The molecule has 116 valence electrons. The summed E-state index contributed by atoms with van der Waals surface area (Å²) < 4.78 is 18.6. The molecule has 2 aromatic carbocycles. The van der Waals surface area contributed by atoms with Gasteiger partial charge in [0.2, 0.25) is 0 Å². The van der Waals surface area contributed by atoms with Crippen LogP contribution in [0.2, 0.25) is 0 Å². The monoisotopic (exact) mass is 302 g/mol. The predicted octanol–water partition coefficient (Wildman–Crippen LogP) is 4.16. The van der Waals surface area contributed by atoms with Gasteiger partial charge in [-0.1, -0.05) is 30.3 Å². The average molecular weight is 302 g/mol. The standard InChI is InChI=1S/C18H19FO3/c1-13-5-2-3-7-17(13)22-12-4-6-16(18(20)21)14-8-10-15(19)11-9-14/h2-3,5,7-11,16H,4,6,12H2,1H3,(H,20,21). The summed E-state index contributed by atoms with van der Waals surface area (Å²) in [6.07, 6.45) is 1.07. The first kappa shape index (κ1) is 16.0. The van der Waals surface area contributed by atoms with Crippen LogP contribution in [0.25, 0.3) is 0 Å². The number of rotatable bonds is 7. The normalized spacial score (nSPS) is 11.9. The van der Waals surface area contributed by atoms with Crippen molar-refractivity contribution in [2.24, 2.45) is 0 Å². The second-order valence-electron chi connectivity index (χ2n) is 5.20. The molecule has 2 aromatic rings. The van der Waals surface area contributed by atoms with Gasteiger partial charge < -0.3 is 9.84 Å². The molecule has 0 aliphatic carbocycles.